The van der Waals surface area contributed by atoms with Crippen molar-refractivity contribution in [3.8, 4) is 0 Å². The Labute approximate surface area is 103 Å². The van der Waals surface area contributed by atoms with Gasteiger partial charge in [-0.15, -0.1) is 11.3 Å². The molecule has 1 aliphatic heterocycles. The maximum absolute atomic E-state index is 12.1. The molecule has 0 aromatic carbocycles. The molecule has 1 fully saturated rings. The number of rotatable bonds is 3. The standard InChI is InChI=1S/C9H10ClNO3S2/c10-9(12)7-3-1-5-11(7)16(13,14)8-4-2-6-15-8/h2,4,6-7H,1,3,5H2/t7-/m1/s1. The van der Waals surface area contributed by atoms with E-state index >= 15 is 0 Å². The molecule has 1 aromatic rings. The lowest BCUT2D eigenvalue weighted by molar-refractivity contribution is -0.114. The van der Waals surface area contributed by atoms with Crippen molar-refractivity contribution in [1.29, 1.82) is 0 Å². The summed E-state index contributed by atoms with van der Waals surface area (Å²) in [5, 5.41) is 1.10. The van der Waals surface area contributed by atoms with Crippen molar-refractivity contribution in [2.24, 2.45) is 0 Å². The summed E-state index contributed by atoms with van der Waals surface area (Å²) in [7, 11) is -3.54. The van der Waals surface area contributed by atoms with Gasteiger partial charge in [0.2, 0.25) is 5.24 Å². The van der Waals surface area contributed by atoms with E-state index in [0.717, 1.165) is 11.3 Å². The van der Waals surface area contributed by atoms with Gasteiger partial charge < -0.3 is 0 Å². The second kappa shape index (κ2) is 4.44. The summed E-state index contributed by atoms with van der Waals surface area (Å²) in [6.07, 6.45) is 1.18. The van der Waals surface area contributed by atoms with Crippen LogP contribution in [0.3, 0.4) is 0 Å². The Morgan fingerprint density at radius 3 is 2.88 bits per heavy atom. The van der Waals surface area contributed by atoms with Crippen molar-refractivity contribution in [1.82, 2.24) is 4.31 Å². The predicted molar refractivity (Wildman–Crippen MR) is 62.1 cm³/mol. The van der Waals surface area contributed by atoms with Crippen LogP contribution in [0.25, 0.3) is 0 Å². The summed E-state index contributed by atoms with van der Waals surface area (Å²) in [4.78, 5) is 11.1. The molecule has 1 saturated heterocycles. The van der Waals surface area contributed by atoms with Gasteiger partial charge in [0.15, 0.2) is 0 Å². The number of hydrogen-bond donors (Lipinski definition) is 0. The monoisotopic (exact) mass is 279 g/mol. The Hall–Kier alpha value is -0.430. The van der Waals surface area contributed by atoms with Crippen LogP contribution in [0, 0.1) is 0 Å². The van der Waals surface area contributed by atoms with E-state index in [4.69, 9.17) is 11.6 Å². The summed E-state index contributed by atoms with van der Waals surface area (Å²) in [5.41, 5.74) is 0. The topological polar surface area (TPSA) is 54.5 Å². The zero-order chi connectivity index (χ0) is 11.8. The van der Waals surface area contributed by atoms with Gasteiger partial charge in [0.05, 0.1) is 6.04 Å². The number of thiophene rings is 1. The molecule has 1 atom stereocenters. The van der Waals surface area contributed by atoms with Crippen LogP contribution in [0.15, 0.2) is 21.7 Å². The first-order valence-electron chi connectivity index (χ1n) is 4.78. The zero-order valence-corrected chi connectivity index (χ0v) is 10.7. The first kappa shape index (κ1) is 12.0. The number of halogens is 1. The summed E-state index contributed by atoms with van der Waals surface area (Å²) in [6, 6.07) is 2.51. The maximum Gasteiger partial charge on any atom is 0.253 e. The van der Waals surface area contributed by atoms with Crippen LogP contribution in [0.2, 0.25) is 0 Å². The molecule has 2 heterocycles. The van der Waals surface area contributed by atoms with E-state index in [0.29, 0.717) is 19.4 Å². The Morgan fingerprint density at radius 2 is 2.31 bits per heavy atom. The normalized spacial score (nSPS) is 22.4. The van der Waals surface area contributed by atoms with Crippen LogP contribution in [-0.2, 0) is 14.8 Å². The molecular weight excluding hydrogens is 270 g/mol. The van der Waals surface area contributed by atoms with Gasteiger partial charge in [-0.05, 0) is 35.9 Å². The lowest BCUT2D eigenvalue weighted by Crippen LogP contribution is -2.38. The van der Waals surface area contributed by atoms with Gasteiger partial charge in [-0.1, -0.05) is 6.07 Å². The van der Waals surface area contributed by atoms with Gasteiger partial charge in [-0.3, -0.25) is 4.79 Å². The molecular formula is C9H10ClNO3S2. The second-order valence-electron chi connectivity index (χ2n) is 3.51. The molecule has 1 aliphatic rings. The molecule has 0 amide bonds. The molecule has 2 rings (SSSR count). The van der Waals surface area contributed by atoms with Crippen LogP contribution in [0.1, 0.15) is 12.8 Å². The number of nitrogens with zero attached hydrogens (tertiary/aromatic N) is 1. The highest BCUT2D eigenvalue weighted by Gasteiger charge is 2.39. The fourth-order valence-electron chi connectivity index (χ4n) is 1.78. The van der Waals surface area contributed by atoms with Crippen LogP contribution < -0.4 is 0 Å². The number of carbonyl (C=O) groups is 1. The summed E-state index contributed by atoms with van der Waals surface area (Å²) < 4.78 is 25.7. The molecule has 1 aromatic heterocycles. The number of carbonyl (C=O) groups excluding carboxylic acids is 1. The number of hydrogen-bond acceptors (Lipinski definition) is 4. The molecule has 7 heteroatoms. The predicted octanol–water partition coefficient (Wildman–Crippen LogP) is 1.67. The smallest absolute Gasteiger partial charge is 0.253 e. The highest BCUT2D eigenvalue weighted by Crippen LogP contribution is 2.29. The van der Waals surface area contributed by atoms with Crippen LogP contribution >= 0.6 is 22.9 Å². The fraction of sp³-hybridized carbons (Fsp3) is 0.444. The average molecular weight is 280 g/mol. The van der Waals surface area contributed by atoms with Crippen molar-refractivity contribution in [3.63, 3.8) is 0 Å². The van der Waals surface area contributed by atoms with Crippen molar-refractivity contribution in [3.05, 3.63) is 17.5 Å². The van der Waals surface area contributed by atoms with Crippen LogP contribution in [-0.4, -0.2) is 30.6 Å². The lowest BCUT2D eigenvalue weighted by Gasteiger charge is -2.19. The quantitative estimate of drug-likeness (QED) is 0.791. The fourth-order valence-corrected chi connectivity index (χ4v) is 4.84. The van der Waals surface area contributed by atoms with Gasteiger partial charge in [0, 0.05) is 6.54 Å². The van der Waals surface area contributed by atoms with E-state index in [1.54, 1.807) is 11.4 Å². The SMILES string of the molecule is O=C(Cl)[C@H]1CCCN1S(=O)(=O)c1cccs1. The minimum Gasteiger partial charge on any atom is -0.279 e. The molecule has 0 spiro atoms. The van der Waals surface area contributed by atoms with Gasteiger partial charge >= 0.3 is 0 Å². The van der Waals surface area contributed by atoms with E-state index < -0.39 is 21.3 Å². The Balaban J connectivity index is 2.34. The van der Waals surface area contributed by atoms with Crippen LogP contribution in [0.5, 0.6) is 0 Å². The molecule has 16 heavy (non-hydrogen) atoms. The average Bonchev–Trinajstić information content (AvgIpc) is 2.89. The molecule has 4 nitrogen and oxygen atoms in total. The summed E-state index contributed by atoms with van der Waals surface area (Å²) >= 11 is 6.55. The molecule has 0 unspecified atom stereocenters. The Morgan fingerprint density at radius 1 is 1.56 bits per heavy atom. The molecule has 0 N–H and O–H groups in total. The van der Waals surface area contributed by atoms with Crippen molar-refractivity contribution in [2.75, 3.05) is 6.54 Å². The van der Waals surface area contributed by atoms with E-state index in [9.17, 15) is 13.2 Å². The minimum atomic E-state index is -3.54. The zero-order valence-electron chi connectivity index (χ0n) is 8.30. The van der Waals surface area contributed by atoms with Gasteiger partial charge in [-0.2, -0.15) is 4.31 Å². The third-order valence-electron chi connectivity index (χ3n) is 2.52. The highest BCUT2D eigenvalue weighted by molar-refractivity contribution is 7.91. The minimum absolute atomic E-state index is 0.261. The number of sulfonamides is 1. The van der Waals surface area contributed by atoms with E-state index in [2.05, 4.69) is 0 Å². The Kier molecular flexibility index (Phi) is 3.34. The molecule has 0 saturated carbocycles. The molecule has 88 valence electrons. The first-order valence-corrected chi connectivity index (χ1v) is 7.48. The highest BCUT2D eigenvalue weighted by atomic mass is 35.5. The molecule has 0 bridgehead atoms. The second-order valence-corrected chi connectivity index (χ2v) is 6.95. The molecule has 0 aliphatic carbocycles. The lowest BCUT2D eigenvalue weighted by atomic mass is 10.2. The maximum atomic E-state index is 12.1. The van der Waals surface area contributed by atoms with E-state index in [1.165, 1.54) is 10.4 Å². The largest absolute Gasteiger partial charge is 0.279 e. The van der Waals surface area contributed by atoms with Crippen molar-refractivity contribution < 1.29 is 13.2 Å². The van der Waals surface area contributed by atoms with Crippen LogP contribution in [0.4, 0.5) is 0 Å². The van der Waals surface area contributed by atoms with Gasteiger partial charge in [0.25, 0.3) is 10.0 Å². The summed E-state index contributed by atoms with van der Waals surface area (Å²) in [5.74, 6) is 0. The summed E-state index contributed by atoms with van der Waals surface area (Å²) in [6.45, 7) is 0.364. The molecule has 0 radical (unpaired) electrons. The first-order chi connectivity index (χ1) is 7.53. The van der Waals surface area contributed by atoms with Gasteiger partial charge in [0.1, 0.15) is 4.21 Å². The van der Waals surface area contributed by atoms with Crippen molar-refractivity contribution >= 4 is 38.2 Å². The third-order valence-corrected chi connectivity index (χ3v) is 6.06. The van der Waals surface area contributed by atoms with Crippen molar-refractivity contribution in [2.45, 2.75) is 23.1 Å². The van der Waals surface area contributed by atoms with E-state index in [-0.39, 0.29) is 4.21 Å². The third kappa shape index (κ3) is 2.02. The van der Waals surface area contributed by atoms with Gasteiger partial charge in [-0.25, -0.2) is 8.42 Å². The Bertz CT molecular complexity index is 483. The van der Waals surface area contributed by atoms with E-state index in [1.807, 2.05) is 0 Å².